The van der Waals surface area contributed by atoms with Gasteiger partial charge in [0.2, 0.25) is 5.91 Å². The SMILES string of the molecule is CC(C)Cn1c(SCC(=O)Nc2cc(Cl)cc(Cl)c2)nnc1C(C)Oc1ccc(C(C)C)cc1. The summed E-state index contributed by atoms with van der Waals surface area (Å²) < 4.78 is 8.19. The minimum atomic E-state index is -0.298. The van der Waals surface area contributed by atoms with Crippen LogP contribution in [0.4, 0.5) is 5.69 Å². The molecule has 0 bridgehead atoms. The number of hydrogen-bond donors (Lipinski definition) is 1. The Labute approximate surface area is 215 Å². The standard InChI is InChI=1S/C25H30Cl2N4O2S/c1-15(2)13-31-24(17(5)33-22-8-6-18(7-9-22)16(3)4)29-30-25(31)34-14-23(32)28-21-11-19(26)10-20(27)12-21/h6-12,15-17H,13-14H2,1-5H3,(H,28,32). The number of rotatable bonds is 10. The molecule has 34 heavy (non-hydrogen) atoms. The Morgan fingerprint density at radius 3 is 2.26 bits per heavy atom. The van der Waals surface area contributed by atoms with Gasteiger partial charge in [-0.05, 0) is 54.7 Å². The summed E-state index contributed by atoms with van der Waals surface area (Å²) in [5.74, 6) is 2.34. The van der Waals surface area contributed by atoms with Crippen LogP contribution in [0.3, 0.4) is 0 Å². The summed E-state index contributed by atoms with van der Waals surface area (Å²) in [6.07, 6.45) is -0.298. The van der Waals surface area contributed by atoms with Gasteiger partial charge in [0.05, 0.1) is 5.75 Å². The van der Waals surface area contributed by atoms with Crippen molar-refractivity contribution in [3.05, 3.63) is 63.9 Å². The first-order chi connectivity index (χ1) is 16.1. The van der Waals surface area contributed by atoms with Gasteiger partial charge < -0.3 is 14.6 Å². The van der Waals surface area contributed by atoms with E-state index in [1.807, 2.05) is 23.6 Å². The highest BCUT2D eigenvalue weighted by Crippen LogP contribution is 2.27. The number of hydrogen-bond acceptors (Lipinski definition) is 5. The van der Waals surface area contributed by atoms with Gasteiger partial charge in [-0.3, -0.25) is 4.79 Å². The van der Waals surface area contributed by atoms with Crippen LogP contribution in [0.5, 0.6) is 5.75 Å². The Balaban J connectivity index is 1.69. The number of carbonyl (C=O) groups is 1. The number of nitrogens with zero attached hydrogens (tertiary/aromatic N) is 3. The number of anilines is 1. The molecule has 1 N–H and O–H groups in total. The maximum atomic E-state index is 12.5. The highest BCUT2D eigenvalue weighted by Gasteiger charge is 2.21. The molecule has 0 aliphatic rings. The fourth-order valence-electron chi connectivity index (χ4n) is 3.39. The largest absolute Gasteiger partial charge is 0.483 e. The predicted molar refractivity (Wildman–Crippen MR) is 140 cm³/mol. The molecule has 0 saturated carbocycles. The third-order valence-corrected chi connectivity index (χ3v) is 6.40. The molecule has 6 nitrogen and oxygen atoms in total. The third-order valence-electron chi connectivity index (χ3n) is 5.00. The molecular formula is C25H30Cl2N4O2S. The zero-order valence-corrected chi connectivity index (χ0v) is 22.3. The molecule has 1 aromatic heterocycles. The van der Waals surface area contributed by atoms with Crippen molar-refractivity contribution in [3.63, 3.8) is 0 Å². The molecule has 2 aromatic carbocycles. The zero-order valence-electron chi connectivity index (χ0n) is 20.0. The van der Waals surface area contributed by atoms with E-state index in [0.29, 0.717) is 32.7 Å². The van der Waals surface area contributed by atoms with Crippen LogP contribution in [-0.2, 0) is 11.3 Å². The molecule has 0 radical (unpaired) electrons. The van der Waals surface area contributed by atoms with Gasteiger partial charge >= 0.3 is 0 Å². The lowest BCUT2D eigenvalue weighted by atomic mass is 10.0. The van der Waals surface area contributed by atoms with Gasteiger partial charge in [-0.25, -0.2) is 0 Å². The van der Waals surface area contributed by atoms with Crippen molar-refractivity contribution in [2.45, 2.75) is 58.3 Å². The summed E-state index contributed by atoms with van der Waals surface area (Å²) in [4.78, 5) is 12.5. The van der Waals surface area contributed by atoms with Gasteiger partial charge in [0.25, 0.3) is 0 Å². The van der Waals surface area contributed by atoms with Gasteiger partial charge in [0.15, 0.2) is 17.1 Å². The van der Waals surface area contributed by atoms with E-state index in [1.165, 1.54) is 17.3 Å². The first kappa shape index (κ1) is 26.4. The molecule has 0 spiro atoms. The lowest BCUT2D eigenvalue weighted by Crippen LogP contribution is -2.17. The van der Waals surface area contributed by atoms with Crippen molar-refractivity contribution in [1.82, 2.24) is 14.8 Å². The van der Waals surface area contributed by atoms with Crippen LogP contribution in [0, 0.1) is 5.92 Å². The Morgan fingerprint density at radius 1 is 1.03 bits per heavy atom. The summed E-state index contributed by atoms with van der Waals surface area (Å²) >= 11 is 13.4. The lowest BCUT2D eigenvalue weighted by molar-refractivity contribution is -0.113. The Kier molecular flexibility index (Phi) is 9.28. The normalized spacial score (nSPS) is 12.3. The monoisotopic (exact) mass is 520 g/mol. The van der Waals surface area contributed by atoms with Crippen LogP contribution in [0.15, 0.2) is 47.6 Å². The van der Waals surface area contributed by atoms with E-state index >= 15 is 0 Å². The first-order valence-electron chi connectivity index (χ1n) is 11.2. The fraction of sp³-hybridized carbons (Fsp3) is 0.400. The maximum absolute atomic E-state index is 12.5. The minimum Gasteiger partial charge on any atom is -0.483 e. The average molecular weight is 522 g/mol. The minimum absolute atomic E-state index is 0.173. The molecule has 1 atom stereocenters. The molecule has 0 aliphatic heterocycles. The molecule has 1 unspecified atom stereocenters. The van der Waals surface area contributed by atoms with E-state index in [2.05, 4.69) is 55.3 Å². The van der Waals surface area contributed by atoms with Crippen LogP contribution >= 0.6 is 35.0 Å². The number of ether oxygens (including phenoxy) is 1. The summed E-state index contributed by atoms with van der Waals surface area (Å²) in [7, 11) is 0. The fourth-order valence-corrected chi connectivity index (χ4v) is 4.67. The molecule has 182 valence electrons. The average Bonchev–Trinajstić information content (AvgIpc) is 3.13. The van der Waals surface area contributed by atoms with E-state index in [4.69, 9.17) is 27.9 Å². The van der Waals surface area contributed by atoms with E-state index < -0.39 is 0 Å². The van der Waals surface area contributed by atoms with Crippen LogP contribution < -0.4 is 10.1 Å². The zero-order chi connectivity index (χ0) is 24.8. The molecular weight excluding hydrogens is 491 g/mol. The molecule has 9 heteroatoms. The van der Waals surface area contributed by atoms with Gasteiger partial charge in [0, 0.05) is 22.3 Å². The number of thioether (sulfide) groups is 1. The number of amides is 1. The first-order valence-corrected chi connectivity index (χ1v) is 12.9. The Bertz CT molecular complexity index is 1100. The van der Waals surface area contributed by atoms with Crippen molar-refractivity contribution in [3.8, 4) is 5.75 Å². The van der Waals surface area contributed by atoms with Crippen molar-refractivity contribution in [1.29, 1.82) is 0 Å². The third kappa shape index (κ3) is 7.39. The van der Waals surface area contributed by atoms with Gasteiger partial charge in [-0.1, -0.05) is 74.8 Å². The van der Waals surface area contributed by atoms with Crippen LogP contribution in [0.2, 0.25) is 10.0 Å². The van der Waals surface area contributed by atoms with E-state index in [9.17, 15) is 4.79 Å². The number of carbonyl (C=O) groups excluding carboxylic acids is 1. The molecule has 1 amide bonds. The number of halogens is 2. The summed E-state index contributed by atoms with van der Waals surface area (Å²) in [5.41, 5.74) is 1.82. The smallest absolute Gasteiger partial charge is 0.234 e. The molecule has 0 saturated heterocycles. The second kappa shape index (κ2) is 12.0. The van der Waals surface area contributed by atoms with E-state index in [-0.39, 0.29) is 17.8 Å². The van der Waals surface area contributed by atoms with Crippen LogP contribution in [-0.4, -0.2) is 26.4 Å². The summed E-state index contributed by atoms with van der Waals surface area (Å²) in [6, 6.07) is 13.1. The molecule has 3 aromatic rings. The van der Waals surface area contributed by atoms with Gasteiger partial charge in [0.1, 0.15) is 5.75 Å². The topological polar surface area (TPSA) is 69.0 Å². The number of benzene rings is 2. The summed E-state index contributed by atoms with van der Waals surface area (Å²) in [5, 5.41) is 13.2. The van der Waals surface area contributed by atoms with E-state index in [0.717, 1.165) is 18.1 Å². The summed E-state index contributed by atoms with van der Waals surface area (Å²) in [6.45, 7) is 11.3. The molecule has 0 fully saturated rings. The quantitative estimate of drug-likeness (QED) is 0.285. The Morgan fingerprint density at radius 2 is 1.68 bits per heavy atom. The van der Waals surface area contributed by atoms with Gasteiger partial charge in [-0.15, -0.1) is 10.2 Å². The second-order valence-corrected chi connectivity index (χ2v) is 10.6. The highest BCUT2D eigenvalue weighted by atomic mass is 35.5. The second-order valence-electron chi connectivity index (χ2n) is 8.82. The maximum Gasteiger partial charge on any atom is 0.234 e. The van der Waals surface area contributed by atoms with Gasteiger partial charge in [-0.2, -0.15) is 0 Å². The molecule has 3 rings (SSSR count). The van der Waals surface area contributed by atoms with Crippen LogP contribution in [0.25, 0.3) is 0 Å². The van der Waals surface area contributed by atoms with E-state index in [1.54, 1.807) is 18.2 Å². The molecule has 0 aliphatic carbocycles. The van der Waals surface area contributed by atoms with Crippen LogP contribution in [0.1, 0.15) is 58.0 Å². The predicted octanol–water partition coefficient (Wildman–Crippen LogP) is 7.24. The van der Waals surface area contributed by atoms with Crippen molar-refractivity contribution in [2.24, 2.45) is 5.92 Å². The number of aromatic nitrogens is 3. The van der Waals surface area contributed by atoms with Crippen molar-refractivity contribution < 1.29 is 9.53 Å². The Hall–Kier alpha value is -2.22. The van der Waals surface area contributed by atoms with Crippen molar-refractivity contribution >= 4 is 46.6 Å². The molecule has 1 heterocycles. The van der Waals surface area contributed by atoms with Crippen molar-refractivity contribution in [2.75, 3.05) is 11.1 Å². The number of nitrogens with one attached hydrogen (secondary N) is 1. The highest BCUT2D eigenvalue weighted by molar-refractivity contribution is 7.99. The lowest BCUT2D eigenvalue weighted by Gasteiger charge is -2.18.